The number of methoxy groups -OCH3 is 1. The minimum absolute atomic E-state index is 0.0129. The Morgan fingerprint density at radius 1 is 0.981 bits per heavy atom. The Morgan fingerprint density at radius 3 is 2.25 bits per heavy atom. The molecule has 0 radical (unpaired) electrons. The standard InChI is InChI=1S/C35H35ClF3N7O6/c1-33-24(15-21-25(33)26(21)33)42-28(49)23(47)12-11-22(29(50)51-2)41-27(48)17-3-9-20(10-4-17)40-30-43-31(45-32(44-30)52-16-35(37,38)39)46-34(13-14-34)18-5-7-19(36)8-6-18/h3-10,21-22,24-26H,11-16H2,1-2H3,(H,41,48)(H,42,49)(H2,40,43,44,45,46)/t21?,22-,24-,25?,26?,33?/m0/s1. The number of Topliss-reactive ketones (excluding diaryl/α,β-unsaturated/α-hetero) is 1. The van der Waals surface area contributed by atoms with Gasteiger partial charge < -0.3 is 30.7 Å². The van der Waals surface area contributed by atoms with E-state index in [1.165, 1.54) is 24.3 Å². The van der Waals surface area contributed by atoms with E-state index in [2.05, 4.69) is 43.1 Å². The van der Waals surface area contributed by atoms with Crippen molar-refractivity contribution >= 4 is 52.8 Å². The second-order valence-electron chi connectivity index (χ2n) is 13.9. The van der Waals surface area contributed by atoms with Crippen LogP contribution in [0, 0.1) is 23.2 Å². The zero-order valence-corrected chi connectivity index (χ0v) is 28.8. The number of fused-ring (bicyclic) bond motifs is 1. The molecule has 8 rings (SSSR count). The lowest BCUT2D eigenvalue weighted by Gasteiger charge is -2.20. The highest BCUT2D eigenvalue weighted by Crippen LogP contribution is 2.89. The number of hydrogen-bond acceptors (Lipinski definition) is 11. The number of aromatic nitrogens is 3. The number of carbonyl (C=O) groups excluding carboxylic acids is 4. The number of ether oxygens (including phenoxy) is 2. The summed E-state index contributed by atoms with van der Waals surface area (Å²) in [5.41, 5.74) is 0.966. The molecular weight excluding hydrogens is 707 g/mol. The smallest absolute Gasteiger partial charge is 0.422 e. The molecule has 4 atom stereocenters. The van der Waals surface area contributed by atoms with Gasteiger partial charge in [0.05, 0.1) is 12.6 Å². The number of anilines is 3. The second-order valence-corrected chi connectivity index (χ2v) is 14.4. The van der Waals surface area contributed by atoms with E-state index >= 15 is 0 Å². The molecule has 5 aliphatic rings. The molecule has 52 heavy (non-hydrogen) atoms. The number of ketones is 1. The molecular formula is C35H35ClF3N7O6. The number of nitrogens with one attached hydrogen (secondary N) is 4. The van der Waals surface area contributed by atoms with Crippen LogP contribution >= 0.6 is 11.6 Å². The van der Waals surface area contributed by atoms with Crippen LogP contribution in [0.3, 0.4) is 0 Å². The summed E-state index contributed by atoms with van der Waals surface area (Å²) in [6.45, 7) is 0.520. The highest BCUT2D eigenvalue weighted by atomic mass is 35.5. The zero-order chi connectivity index (χ0) is 37.0. The third-order valence-corrected chi connectivity index (χ3v) is 10.9. The fraction of sp³-hybridized carbons (Fsp3) is 0.457. The minimum atomic E-state index is -4.63. The van der Waals surface area contributed by atoms with Crippen molar-refractivity contribution in [3.8, 4) is 6.01 Å². The summed E-state index contributed by atoms with van der Waals surface area (Å²) in [6.07, 6.45) is -2.72. The predicted molar refractivity (Wildman–Crippen MR) is 180 cm³/mol. The maximum Gasteiger partial charge on any atom is 0.422 e. The lowest BCUT2D eigenvalue weighted by molar-refractivity contribution is -0.154. The van der Waals surface area contributed by atoms with Gasteiger partial charge in [0.25, 0.3) is 11.8 Å². The molecule has 2 aromatic carbocycles. The van der Waals surface area contributed by atoms with Crippen molar-refractivity contribution in [3.63, 3.8) is 0 Å². The van der Waals surface area contributed by atoms with Crippen LogP contribution in [0.1, 0.15) is 54.9 Å². The third-order valence-electron chi connectivity index (χ3n) is 10.6. The number of benzene rings is 2. The number of carbonyl (C=O) groups is 4. The summed E-state index contributed by atoms with van der Waals surface area (Å²) in [5.74, 6) is -0.953. The van der Waals surface area contributed by atoms with Gasteiger partial charge in [-0.1, -0.05) is 30.7 Å². The highest BCUT2D eigenvalue weighted by molar-refractivity contribution is 6.36. The average molecular weight is 742 g/mol. The summed E-state index contributed by atoms with van der Waals surface area (Å²) >= 11 is 6.03. The largest absolute Gasteiger partial charge is 0.467 e. The number of rotatable bonds is 15. The summed E-state index contributed by atoms with van der Waals surface area (Å²) in [4.78, 5) is 63.1. The summed E-state index contributed by atoms with van der Waals surface area (Å²) in [7, 11) is 1.15. The molecule has 2 unspecified atom stereocenters. The summed E-state index contributed by atoms with van der Waals surface area (Å²) < 4.78 is 48.5. The zero-order valence-electron chi connectivity index (χ0n) is 28.1. The van der Waals surface area contributed by atoms with Crippen LogP contribution in [0.25, 0.3) is 0 Å². The average Bonchev–Trinajstić information content (AvgIpc) is 4.07. The maximum atomic E-state index is 13.1. The van der Waals surface area contributed by atoms with E-state index in [1.54, 1.807) is 12.1 Å². The number of halogens is 4. The SMILES string of the molecule is COC(=O)[C@H](CCC(=O)C(=O)N[C@H]1CC2C3C2C31C)NC(=O)c1ccc(Nc2nc(NC3(c4ccc(Cl)cc4)CC3)nc(OCC(F)(F)F)n2)cc1. The van der Waals surface area contributed by atoms with E-state index in [-0.39, 0.29) is 41.8 Å². The van der Waals surface area contributed by atoms with Gasteiger partial charge >= 0.3 is 18.2 Å². The van der Waals surface area contributed by atoms with E-state index in [0.717, 1.165) is 31.9 Å². The van der Waals surface area contributed by atoms with E-state index in [9.17, 15) is 32.3 Å². The van der Waals surface area contributed by atoms with Crippen molar-refractivity contribution < 1.29 is 41.8 Å². The first-order valence-corrected chi connectivity index (χ1v) is 17.2. The molecule has 5 fully saturated rings. The van der Waals surface area contributed by atoms with Gasteiger partial charge in [-0.2, -0.15) is 28.1 Å². The normalized spacial score (nSPS) is 24.8. The van der Waals surface area contributed by atoms with Gasteiger partial charge in [0.1, 0.15) is 6.04 Å². The molecule has 0 saturated heterocycles. The van der Waals surface area contributed by atoms with Crippen molar-refractivity contribution in [2.24, 2.45) is 23.2 Å². The Labute approximate surface area is 300 Å². The van der Waals surface area contributed by atoms with Gasteiger partial charge in [-0.15, -0.1) is 0 Å². The Hall–Kier alpha value is -4.99. The molecule has 2 bridgehead atoms. The van der Waals surface area contributed by atoms with Crippen LogP contribution in [-0.2, 0) is 24.7 Å². The van der Waals surface area contributed by atoms with Crippen LogP contribution < -0.4 is 26.0 Å². The predicted octanol–water partition coefficient (Wildman–Crippen LogP) is 4.70. The molecule has 1 aromatic heterocycles. The molecule has 1 heterocycles. The molecule has 4 N–H and O–H groups in total. The van der Waals surface area contributed by atoms with Gasteiger partial charge in [0.2, 0.25) is 17.7 Å². The first kappa shape index (κ1) is 35.4. The van der Waals surface area contributed by atoms with Crippen molar-refractivity contribution in [1.82, 2.24) is 25.6 Å². The fourth-order valence-electron chi connectivity index (χ4n) is 7.65. The molecule has 0 aliphatic heterocycles. The van der Waals surface area contributed by atoms with E-state index < -0.39 is 53.9 Å². The lowest BCUT2D eigenvalue weighted by atomic mass is 9.96. The second kappa shape index (κ2) is 13.2. The third kappa shape index (κ3) is 7.20. The highest BCUT2D eigenvalue weighted by Gasteiger charge is 2.88. The van der Waals surface area contributed by atoms with Gasteiger partial charge in [-0.05, 0) is 90.8 Å². The fourth-order valence-corrected chi connectivity index (χ4v) is 7.77. The molecule has 5 aliphatic carbocycles. The Balaban J connectivity index is 0.978. The van der Waals surface area contributed by atoms with Crippen LogP contribution in [0.15, 0.2) is 48.5 Å². The molecule has 5 saturated carbocycles. The number of esters is 1. The van der Waals surface area contributed by atoms with Crippen molar-refractivity contribution in [2.45, 2.75) is 62.8 Å². The van der Waals surface area contributed by atoms with Crippen LogP contribution in [0.2, 0.25) is 5.02 Å². The molecule has 274 valence electrons. The maximum absolute atomic E-state index is 13.1. The van der Waals surface area contributed by atoms with Gasteiger partial charge in [-0.25, -0.2) is 4.79 Å². The lowest BCUT2D eigenvalue weighted by Crippen LogP contribution is -2.44. The van der Waals surface area contributed by atoms with Crippen LogP contribution in [-0.4, -0.2) is 70.5 Å². The Bertz CT molecular complexity index is 1900. The molecule has 3 aromatic rings. The minimum Gasteiger partial charge on any atom is -0.467 e. The summed E-state index contributed by atoms with van der Waals surface area (Å²) in [5, 5.41) is 12.0. The van der Waals surface area contributed by atoms with Crippen LogP contribution in [0.5, 0.6) is 6.01 Å². The van der Waals surface area contributed by atoms with Crippen molar-refractivity contribution in [2.75, 3.05) is 24.4 Å². The van der Waals surface area contributed by atoms with Gasteiger partial charge in [0, 0.05) is 28.7 Å². The first-order chi connectivity index (χ1) is 24.7. The van der Waals surface area contributed by atoms with E-state index in [4.69, 9.17) is 21.1 Å². The Kier molecular flexibility index (Phi) is 8.99. The molecule has 0 spiro atoms. The molecule has 2 amide bonds. The number of alkyl halides is 3. The molecule has 17 heteroatoms. The Morgan fingerprint density at radius 2 is 1.65 bits per heavy atom. The summed E-state index contributed by atoms with van der Waals surface area (Å²) in [6, 6.07) is 11.2. The van der Waals surface area contributed by atoms with Crippen LogP contribution in [0.4, 0.5) is 30.8 Å². The van der Waals surface area contributed by atoms with Crippen molar-refractivity contribution in [1.29, 1.82) is 0 Å². The quantitative estimate of drug-likeness (QED) is 0.126. The van der Waals surface area contributed by atoms with Gasteiger partial charge in [-0.3, -0.25) is 14.4 Å². The topological polar surface area (TPSA) is 174 Å². The first-order valence-electron chi connectivity index (χ1n) is 16.8. The van der Waals surface area contributed by atoms with E-state index in [1.807, 2.05) is 12.1 Å². The van der Waals surface area contributed by atoms with Gasteiger partial charge in [0.15, 0.2) is 6.61 Å². The monoisotopic (exact) mass is 741 g/mol. The number of nitrogens with zero attached hydrogens (tertiary/aromatic N) is 3. The number of amides is 2. The molecule has 13 nitrogen and oxygen atoms in total. The van der Waals surface area contributed by atoms with Crippen molar-refractivity contribution in [3.05, 3.63) is 64.7 Å². The van der Waals surface area contributed by atoms with E-state index in [0.29, 0.717) is 28.5 Å². The number of hydrogen-bond donors (Lipinski definition) is 4.